The van der Waals surface area contributed by atoms with Crippen LogP contribution in [0.4, 0.5) is 5.69 Å². The highest BCUT2D eigenvalue weighted by Crippen LogP contribution is 2.57. The molecule has 0 heterocycles. The van der Waals surface area contributed by atoms with Crippen molar-refractivity contribution in [2.24, 2.45) is 40.9 Å². The number of Topliss-reactive ketones (excluding diaryl/α,β-unsaturated/α-hetero) is 4. The lowest BCUT2D eigenvalue weighted by atomic mass is 9.56. The molecule has 61 heavy (non-hydrogen) atoms. The monoisotopic (exact) mass is 842 g/mol. The lowest BCUT2D eigenvalue weighted by Crippen LogP contribution is -2.63. The number of ether oxygens (including phenoxy) is 1. The number of nitrogens with one attached hydrogen (secondary N) is 1. The minimum Gasteiger partial charge on any atom is -0.510 e. The number of rotatable bonds is 4. The second-order valence-corrected chi connectivity index (χ2v) is 16.1. The second-order valence-electron chi connectivity index (χ2n) is 16.1. The van der Waals surface area contributed by atoms with Crippen molar-refractivity contribution < 1.29 is 79.2 Å². The van der Waals surface area contributed by atoms with Crippen LogP contribution in [0.5, 0.6) is 11.5 Å². The quantitative estimate of drug-likeness (QED) is 0.107. The van der Waals surface area contributed by atoms with Gasteiger partial charge < -0.3 is 68.1 Å². The molecule has 0 saturated heterocycles. The van der Waals surface area contributed by atoms with Crippen LogP contribution in [0.3, 0.4) is 0 Å². The van der Waals surface area contributed by atoms with E-state index in [0.29, 0.717) is 0 Å². The maximum absolute atomic E-state index is 14.2. The number of allylic oxidation sites excluding steroid dienone is 2. The molecule has 20 heteroatoms. The number of carbonyl (C=O) groups excluding carboxylic acids is 7. The predicted octanol–water partition coefficient (Wildman–Crippen LogP) is -0.223. The van der Waals surface area contributed by atoms with Gasteiger partial charge >= 0.3 is 5.97 Å². The van der Waals surface area contributed by atoms with Gasteiger partial charge in [0, 0.05) is 28.9 Å². The number of benzene rings is 2. The van der Waals surface area contributed by atoms with Crippen molar-refractivity contribution in [1.82, 2.24) is 0 Å². The highest BCUT2D eigenvalue weighted by molar-refractivity contribution is 6.29. The number of phenolic OH excluding ortho intramolecular Hbond substituents is 2. The van der Waals surface area contributed by atoms with Crippen molar-refractivity contribution in [3.8, 4) is 11.5 Å². The molecule has 0 spiro atoms. The number of ketones is 4. The Kier molecular flexibility index (Phi) is 8.93. The maximum Gasteiger partial charge on any atom is 0.313 e. The summed E-state index contributed by atoms with van der Waals surface area (Å²) in [5, 5.41) is 93.1. The Bertz CT molecular complexity index is 2640. The second kappa shape index (κ2) is 13.3. The number of carbonyl (C=O) groups is 7. The predicted molar refractivity (Wildman–Crippen MR) is 204 cm³/mol. The SMILES string of the molecule is COC(=O)[C@@H]1c2cccc(O)c2C(=O)C2=C(O)[C@]3(O)C(=O)C(C(=O)Nc4ccc5c(c4O)C(=O)C4=C(O)[C@]6(O)C(=O)C(C(N)=O)=C(O)[C@@H](N)[C@@H]6C[C@@H]4[C@@H]5C)=C(O)[C@@H](N)[C@@H]3C[C@@H]21. The molecule has 2 aromatic rings. The fourth-order valence-electron chi connectivity index (χ4n) is 10.4. The van der Waals surface area contributed by atoms with Gasteiger partial charge in [0.25, 0.3) is 11.8 Å². The summed E-state index contributed by atoms with van der Waals surface area (Å²) >= 11 is 0. The Morgan fingerprint density at radius 1 is 0.738 bits per heavy atom. The molecule has 318 valence electrons. The minimum absolute atomic E-state index is 0.0315. The van der Waals surface area contributed by atoms with Crippen LogP contribution < -0.4 is 22.5 Å². The number of fused-ring (bicyclic) bond motifs is 6. The van der Waals surface area contributed by atoms with E-state index in [2.05, 4.69) is 5.32 Å². The fourth-order valence-corrected chi connectivity index (χ4v) is 10.4. The molecule has 6 aliphatic carbocycles. The van der Waals surface area contributed by atoms with Crippen molar-refractivity contribution in [1.29, 1.82) is 0 Å². The first-order chi connectivity index (χ1) is 28.6. The summed E-state index contributed by atoms with van der Waals surface area (Å²) < 4.78 is 4.96. The van der Waals surface area contributed by atoms with Crippen LogP contribution in [0, 0.1) is 23.7 Å². The zero-order valence-corrected chi connectivity index (χ0v) is 32.0. The summed E-state index contributed by atoms with van der Waals surface area (Å²) in [4.78, 5) is 95.0. The Labute approximate surface area is 342 Å². The van der Waals surface area contributed by atoms with E-state index in [0.717, 1.165) is 19.2 Å². The number of anilines is 1. The number of amides is 2. The van der Waals surface area contributed by atoms with Gasteiger partial charge in [0.1, 0.15) is 39.9 Å². The van der Waals surface area contributed by atoms with Crippen molar-refractivity contribution in [2.45, 2.75) is 54.9 Å². The third-order valence-electron chi connectivity index (χ3n) is 13.5. The number of aliphatic hydroxyl groups is 6. The standard InChI is InChI=1S/C41H38N4O16/c1-10-11-6-7-17(28(47)21(11)30(49)22-13(10)8-15-26(42)31(50)24(37(44)56)35(54)40(15,59)33(22)52)45-38(57)25-32(51)27(43)16-9-14-19(39(58)61-2)12-4-3-5-18(46)20(12)29(48)23(14)34(53)41(16,60)36(25)55/h3-7,10,13-16,19,26-27,46-47,50-53,59-60H,8-9,42-43H2,1-2H3,(H2,44,56)(H,45,57)/t10-,13-,14-,15+,16+,19-,26+,27+,40+,41+/m1/s1. The van der Waals surface area contributed by atoms with Gasteiger partial charge in [0.2, 0.25) is 11.6 Å². The minimum atomic E-state index is -3.16. The zero-order chi connectivity index (χ0) is 44.7. The normalized spacial score (nSPS) is 33.0. The van der Waals surface area contributed by atoms with Crippen LogP contribution in [-0.4, -0.2) is 112 Å². The van der Waals surface area contributed by atoms with E-state index in [1.165, 1.54) is 18.2 Å². The Morgan fingerprint density at radius 2 is 1.26 bits per heavy atom. The number of esters is 1. The van der Waals surface area contributed by atoms with Gasteiger partial charge in [-0.3, -0.25) is 33.6 Å². The molecule has 0 radical (unpaired) electrons. The average Bonchev–Trinajstić information content (AvgIpc) is 3.20. The van der Waals surface area contributed by atoms with Gasteiger partial charge in [-0.1, -0.05) is 25.1 Å². The van der Waals surface area contributed by atoms with E-state index in [-0.39, 0.29) is 17.5 Å². The van der Waals surface area contributed by atoms with Gasteiger partial charge in [-0.2, -0.15) is 0 Å². The highest BCUT2D eigenvalue weighted by atomic mass is 16.5. The number of hydrogen-bond donors (Lipinski definition) is 12. The van der Waals surface area contributed by atoms with Crippen LogP contribution >= 0.6 is 0 Å². The lowest BCUT2D eigenvalue weighted by Gasteiger charge is -2.49. The van der Waals surface area contributed by atoms with Crippen LogP contribution in [0.15, 0.2) is 75.7 Å². The molecular formula is C41H38N4O16. The summed E-state index contributed by atoms with van der Waals surface area (Å²) in [6.07, 6.45) is -0.775. The van der Waals surface area contributed by atoms with E-state index in [4.69, 9.17) is 21.9 Å². The molecule has 6 aliphatic rings. The molecule has 0 aromatic heterocycles. The third kappa shape index (κ3) is 5.03. The number of aromatic hydroxyl groups is 2. The van der Waals surface area contributed by atoms with Crippen molar-refractivity contribution in [2.75, 3.05) is 12.4 Å². The van der Waals surface area contributed by atoms with Crippen molar-refractivity contribution in [3.63, 3.8) is 0 Å². The summed E-state index contributed by atoms with van der Waals surface area (Å²) in [5.41, 5.74) is 6.74. The number of phenols is 2. The number of methoxy groups -OCH3 is 1. The average molecular weight is 843 g/mol. The zero-order valence-electron chi connectivity index (χ0n) is 32.0. The third-order valence-corrected chi connectivity index (χ3v) is 13.5. The van der Waals surface area contributed by atoms with Gasteiger partial charge in [0.05, 0.1) is 41.9 Å². The van der Waals surface area contributed by atoms with Gasteiger partial charge in [-0.25, -0.2) is 0 Å². The van der Waals surface area contributed by atoms with E-state index in [1.54, 1.807) is 6.92 Å². The molecular weight excluding hydrogens is 804 g/mol. The van der Waals surface area contributed by atoms with Gasteiger partial charge in [0.15, 0.2) is 28.5 Å². The van der Waals surface area contributed by atoms with Crippen molar-refractivity contribution >= 4 is 46.6 Å². The topological polar surface area (TPSA) is 381 Å². The largest absolute Gasteiger partial charge is 0.510 e. The number of aliphatic hydroxyl groups excluding tert-OH is 4. The van der Waals surface area contributed by atoms with Crippen LogP contribution in [0.1, 0.15) is 63.4 Å². The maximum atomic E-state index is 14.2. The number of hydrogen-bond acceptors (Lipinski definition) is 18. The summed E-state index contributed by atoms with van der Waals surface area (Å²) in [7, 11) is 1.06. The van der Waals surface area contributed by atoms with Gasteiger partial charge in [-0.15, -0.1) is 0 Å². The molecule has 0 fully saturated rings. The summed E-state index contributed by atoms with van der Waals surface area (Å²) in [6.45, 7) is 1.58. The molecule has 0 aliphatic heterocycles. The van der Waals surface area contributed by atoms with E-state index in [9.17, 15) is 74.4 Å². The lowest BCUT2D eigenvalue weighted by molar-refractivity contribution is -0.148. The van der Waals surface area contributed by atoms with E-state index < -0.39 is 180 Å². The number of primary amides is 1. The molecule has 2 amide bonds. The summed E-state index contributed by atoms with van der Waals surface area (Å²) in [5.74, 6) is -22.7. The highest BCUT2D eigenvalue weighted by Gasteiger charge is 2.65. The first-order valence-corrected chi connectivity index (χ1v) is 18.8. The van der Waals surface area contributed by atoms with Crippen LogP contribution in [0.2, 0.25) is 0 Å². The van der Waals surface area contributed by atoms with E-state index in [1.807, 2.05) is 0 Å². The van der Waals surface area contributed by atoms with Gasteiger partial charge in [-0.05, 0) is 47.9 Å². The molecule has 15 N–H and O–H groups in total. The molecule has 0 unspecified atom stereocenters. The Hall–Kier alpha value is -6.87. The molecule has 2 aromatic carbocycles. The van der Waals surface area contributed by atoms with Crippen molar-refractivity contribution in [3.05, 3.63) is 97.9 Å². The van der Waals surface area contributed by atoms with Crippen LogP contribution in [-0.2, 0) is 28.7 Å². The smallest absolute Gasteiger partial charge is 0.313 e. The first-order valence-electron chi connectivity index (χ1n) is 18.8. The molecule has 0 saturated carbocycles. The van der Waals surface area contributed by atoms with E-state index >= 15 is 0 Å². The Balaban J connectivity index is 1.17. The molecule has 0 bridgehead atoms. The number of nitrogens with two attached hydrogens (primary N) is 3. The molecule has 20 nitrogen and oxygen atoms in total. The molecule has 10 atom stereocenters. The first kappa shape index (κ1) is 40.9. The van der Waals surface area contributed by atoms with Crippen LogP contribution in [0.25, 0.3) is 0 Å². The fraction of sp³-hybridized carbons (Fsp3) is 0.341. The Morgan fingerprint density at radius 3 is 1.84 bits per heavy atom. The summed E-state index contributed by atoms with van der Waals surface area (Å²) in [6, 6.07) is 2.94. The molecule has 8 rings (SSSR count).